The molecule has 5 rings (SSSR count). The van der Waals surface area contributed by atoms with Crippen LogP contribution in [0.15, 0.2) is 42.9 Å². The summed E-state index contributed by atoms with van der Waals surface area (Å²) in [6, 6.07) is 6.96. The van der Waals surface area contributed by atoms with Gasteiger partial charge < -0.3 is 26.0 Å². The van der Waals surface area contributed by atoms with Crippen molar-refractivity contribution in [1.82, 2.24) is 24.6 Å². The fraction of sp³-hybridized carbons (Fsp3) is 0.484. The van der Waals surface area contributed by atoms with Gasteiger partial charge in [-0.15, -0.1) is 0 Å². The third-order valence-electron chi connectivity index (χ3n) is 8.02. The normalized spacial score (nSPS) is 16.8. The molecule has 0 radical (unpaired) electrons. The SMILES string of the molecule is CC(c1ccnc(NC(=S)Nc2cc(F)c(-c3cnn(CC4CCC4)c3)cc2N)c1)N1CCN(C(=O)OC(C)(C)C)CC1. The number of hydrogen-bond donors (Lipinski definition) is 3. The van der Waals surface area contributed by atoms with Gasteiger partial charge in [0.2, 0.25) is 0 Å². The van der Waals surface area contributed by atoms with E-state index in [-0.39, 0.29) is 17.2 Å². The molecule has 2 aromatic heterocycles. The molecule has 10 nitrogen and oxygen atoms in total. The second-order valence-electron chi connectivity index (χ2n) is 12.4. The van der Waals surface area contributed by atoms with Crippen molar-refractivity contribution in [2.75, 3.05) is 42.5 Å². The van der Waals surface area contributed by atoms with Crippen molar-refractivity contribution in [2.45, 2.75) is 65.1 Å². The first-order valence-corrected chi connectivity index (χ1v) is 15.2. The molecule has 1 aliphatic heterocycles. The maximum Gasteiger partial charge on any atom is 0.410 e. The first kappa shape index (κ1) is 30.7. The molecule has 1 saturated carbocycles. The van der Waals surface area contributed by atoms with Gasteiger partial charge in [-0.05, 0) is 82.4 Å². The number of benzene rings is 1. The van der Waals surface area contributed by atoms with Crippen LogP contribution in [0.1, 0.15) is 58.6 Å². The van der Waals surface area contributed by atoms with Crippen molar-refractivity contribution in [2.24, 2.45) is 5.92 Å². The Bertz CT molecular complexity index is 1460. The number of aromatic nitrogens is 3. The molecular formula is C31H41FN8O2S. The number of nitrogen functional groups attached to an aromatic ring is 1. The van der Waals surface area contributed by atoms with Crippen LogP contribution in [-0.2, 0) is 11.3 Å². The van der Waals surface area contributed by atoms with Gasteiger partial charge in [-0.25, -0.2) is 14.2 Å². The summed E-state index contributed by atoms with van der Waals surface area (Å²) in [6.45, 7) is 11.3. The van der Waals surface area contributed by atoms with E-state index in [1.165, 1.54) is 25.3 Å². The van der Waals surface area contributed by atoms with Gasteiger partial charge >= 0.3 is 6.09 Å². The van der Waals surface area contributed by atoms with Crippen LogP contribution in [0, 0.1) is 11.7 Å². The van der Waals surface area contributed by atoms with Crippen molar-refractivity contribution in [3.8, 4) is 11.1 Å². The average Bonchev–Trinajstić information content (AvgIpc) is 3.40. The zero-order chi connectivity index (χ0) is 30.7. The topological polar surface area (TPSA) is 114 Å². The Kier molecular flexibility index (Phi) is 9.16. The van der Waals surface area contributed by atoms with Crippen LogP contribution in [0.5, 0.6) is 0 Å². The lowest BCUT2D eigenvalue weighted by atomic mass is 9.85. The molecule has 1 amide bonds. The summed E-state index contributed by atoms with van der Waals surface area (Å²) in [4.78, 5) is 20.9. The van der Waals surface area contributed by atoms with Gasteiger partial charge in [0, 0.05) is 68.4 Å². The van der Waals surface area contributed by atoms with Gasteiger partial charge in [0.25, 0.3) is 0 Å². The molecular weight excluding hydrogens is 567 g/mol. The number of halogens is 1. The fourth-order valence-corrected chi connectivity index (χ4v) is 5.55. The summed E-state index contributed by atoms with van der Waals surface area (Å²) in [7, 11) is 0. The Hall–Kier alpha value is -3.77. The summed E-state index contributed by atoms with van der Waals surface area (Å²) in [5, 5.41) is 10.7. The highest BCUT2D eigenvalue weighted by atomic mass is 32.1. The van der Waals surface area contributed by atoms with Crippen LogP contribution >= 0.6 is 12.2 Å². The minimum atomic E-state index is -0.514. The number of rotatable bonds is 7. The predicted octanol–water partition coefficient (Wildman–Crippen LogP) is 5.89. The Labute approximate surface area is 257 Å². The van der Waals surface area contributed by atoms with Crippen molar-refractivity contribution in [3.05, 3.63) is 54.2 Å². The molecule has 1 aliphatic carbocycles. The standard InChI is InChI=1S/C31H41FN8O2S/c1-20(38-10-12-39(13-11-38)30(41)42-31(2,3)4)22-8-9-34-28(14-22)37-29(43)36-27-16-25(32)24(15-26(27)33)23-17-35-40(19-23)18-21-6-5-7-21/h8-9,14-17,19-21H,5-7,10-13,18,33H2,1-4H3,(H2,34,36,37,43). The minimum Gasteiger partial charge on any atom is -0.444 e. The molecule has 1 saturated heterocycles. The molecule has 4 N–H and O–H groups in total. The van der Waals surface area contributed by atoms with Crippen LogP contribution < -0.4 is 16.4 Å². The fourth-order valence-electron chi connectivity index (χ4n) is 5.34. The van der Waals surface area contributed by atoms with E-state index in [1.807, 2.05) is 43.8 Å². The van der Waals surface area contributed by atoms with Crippen LogP contribution in [-0.4, -0.2) is 67.6 Å². The van der Waals surface area contributed by atoms with E-state index in [0.29, 0.717) is 47.3 Å². The maximum atomic E-state index is 15.2. The molecule has 0 spiro atoms. The quantitative estimate of drug-likeness (QED) is 0.223. The molecule has 3 aromatic rings. The number of anilines is 3. The smallest absolute Gasteiger partial charge is 0.410 e. The van der Waals surface area contributed by atoms with E-state index in [4.69, 9.17) is 22.7 Å². The predicted molar refractivity (Wildman–Crippen MR) is 171 cm³/mol. The Morgan fingerprint density at radius 1 is 1.19 bits per heavy atom. The molecule has 0 bridgehead atoms. The maximum absolute atomic E-state index is 15.2. The molecule has 43 heavy (non-hydrogen) atoms. The van der Waals surface area contributed by atoms with Crippen LogP contribution in [0.4, 0.5) is 26.4 Å². The van der Waals surface area contributed by atoms with E-state index >= 15 is 4.39 Å². The average molecular weight is 609 g/mol. The second-order valence-corrected chi connectivity index (χ2v) is 12.8. The third-order valence-corrected chi connectivity index (χ3v) is 8.23. The number of hydrogen-bond acceptors (Lipinski definition) is 7. The largest absolute Gasteiger partial charge is 0.444 e. The molecule has 2 aliphatic rings. The summed E-state index contributed by atoms with van der Waals surface area (Å²) in [5.41, 5.74) is 8.66. The number of nitrogens with zero attached hydrogens (tertiary/aromatic N) is 5. The highest BCUT2D eigenvalue weighted by molar-refractivity contribution is 7.80. The van der Waals surface area contributed by atoms with Gasteiger partial charge in [-0.1, -0.05) is 6.42 Å². The molecule has 230 valence electrons. The lowest BCUT2D eigenvalue weighted by Gasteiger charge is -2.38. The number of amides is 1. The number of carbonyl (C=O) groups is 1. The van der Waals surface area contributed by atoms with Crippen molar-refractivity contribution in [1.29, 1.82) is 0 Å². The van der Waals surface area contributed by atoms with Gasteiger partial charge in [0.05, 0.1) is 17.6 Å². The Morgan fingerprint density at radius 2 is 1.93 bits per heavy atom. The molecule has 1 aromatic carbocycles. The molecule has 1 unspecified atom stereocenters. The zero-order valence-corrected chi connectivity index (χ0v) is 26.1. The lowest BCUT2D eigenvalue weighted by molar-refractivity contribution is 0.0110. The van der Waals surface area contributed by atoms with E-state index < -0.39 is 11.4 Å². The van der Waals surface area contributed by atoms with E-state index in [9.17, 15) is 4.79 Å². The van der Waals surface area contributed by atoms with Crippen molar-refractivity contribution < 1.29 is 13.9 Å². The van der Waals surface area contributed by atoms with Crippen LogP contribution in [0.3, 0.4) is 0 Å². The first-order valence-electron chi connectivity index (χ1n) is 14.8. The minimum absolute atomic E-state index is 0.0984. The number of pyridine rings is 1. The second kappa shape index (κ2) is 12.8. The van der Waals surface area contributed by atoms with Crippen LogP contribution in [0.25, 0.3) is 11.1 Å². The number of ether oxygens (including phenoxy) is 1. The molecule has 2 fully saturated rings. The van der Waals surface area contributed by atoms with E-state index in [1.54, 1.807) is 23.4 Å². The van der Waals surface area contributed by atoms with E-state index in [2.05, 4.69) is 32.5 Å². The summed E-state index contributed by atoms with van der Waals surface area (Å²) in [6.07, 6.45) is 8.71. The highest BCUT2D eigenvalue weighted by Crippen LogP contribution is 2.32. The molecule has 1 atom stereocenters. The number of carbonyl (C=O) groups excluding carboxylic acids is 1. The van der Waals surface area contributed by atoms with E-state index in [0.717, 1.165) is 25.2 Å². The van der Waals surface area contributed by atoms with Gasteiger partial charge in [-0.2, -0.15) is 5.10 Å². The Morgan fingerprint density at radius 3 is 2.60 bits per heavy atom. The number of piperazine rings is 1. The summed E-state index contributed by atoms with van der Waals surface area (Å²) < 4.78 is 22.6. The number of nitrogens with one attached hydrogen (secondary N) is 2. The Balaban J connectivity index is 1.17. The van der Waals surface area contributed by atoms with Crippen molar-refractivity contribution >= 4 is 40.6 Å². The summed E-state index contributed by atoms with van der Waals surface area (Å²) in [5.74, 6) is 0.801. The zero-order valence-electron chi connectivity index (χ0n) is 25.3. The lowest BCUT2D eigenvalue weighted by Crippen LogP contribution is -2.50. The molecule has 3 heterocycles. The first-order chi connectivity index (χ1) is 20.4. The monoisotopic (exact) mass is 608 g/mol. The van der Waals surface area contributed by atoms with Gasteiger partial charge in [0.1, 0.15) is 17.2 Å². The van der Waals surface area contributed by atoms with Crippen LogP contribution in [0.2, 0.25) is 0 Å². The summed E-state index contributed by atoms with van der Waals surface area (Å²) >= 11 is 5.50. The molecule has 12 heteroatoms. The third kappa shape index (κ3) is 7.80. The van der Waals surface area contributed by atoms with Gasteiger partial charge in [-0.3, -0.25) is 9.58 Å². The van der Waals surface area contributed by atoms with Gasteiger partial charge in [0.15, 0.2) is 5.11 Å². The van der Waals surface area contributed by atoms with Crippen molar-refractivity contribution in [3.63, 3.8) is 0 Å². The highest BCUT2D eigenvalue weighted by Gasteiger charge is 2.28. The number of thiocarbonyl (C=S) groups is 1. The number of nitrogens with two attached hydrogens (primary N) is 1.